The molecule has 1 N–H and O–H groups in total. The number of rotatable bonds is 8. The summed E-state index contributed by atoms with van der Waals surface area (Å²) in [6, 6.07) is 2.20. The van der Waals surface area contributed by atoms with Crippen LogP contribution in [0.15, 0.2) is 12.1 Å². The van der Waals surface area contributed by atoms with E-state index >= 15 is 0 Å². The van der Waals surface area contributed by atoms with E-state index in [9.17, 15) is 14.9 Å². The van der Waals surface area contributed by atoms with Crippen LogP contribution in [0, 0.1) is 10.1 Å². The Hall–Kier alpha value is -1.37. The first kappa shape index (κ1) is 17.7. The highest BCUT2D eigenvalue weighted by atomic mass is 35.5. The van der Waals surface area contributed by atoms with Crippen molar-refractivity contribution in [3.63, 3.8) is 0 Å². The van der Waals surface area contributed by atoms with Crippen LogP contribution >= 0.6 is 23.2 Å². The lowest BCUT2D eigenvalue weighted by atomic mass is 10.2. The number of unbranched alkanes of at least 4 members (excludes halogenated alkanes) is 1. The molecule has 0 aliphatic rings. The lowest BCUT2D eigenvalue weighted by Crippen LogP contribution is -2.27. The summed E-state index contributed by atoms with van der Waals surface area (Å²) in [6.45, 7) is 3.35. The van der Waals surface area contributed by atoms with Crippen molar-refractivity contribution in [1.29, 1.82) is 0 Å². The van der Waals surface area contributed by atoms with Gasteiger partial charge in [-0.15, -0.1) is 0 Å². The van der Waals surface area contributed by atoms with E-state index in [4.69, 9.17) is 27.9 Å². The van der Waals surface area contributed by atoms with Gasteiger partial charge in [0, 0.05) is 25.3 Å². The number of nitro benzene ring substituents is 1. The number of carbonyl (C=O) groups is 1. The zero-order chi connectivity index (χ0) is 15.8. The van der Waals surface area contributed by atoms with Crippen molar-refractivity contribution in [1.82, 2.24) is 5.32 Å². The van der Waals surface area contributed by atoms with Crippen molar-refractivity contribution >= 4 is 34.8 Å². The molecule has 0 fully saturated rings. The van der Waals surface area contributed by atoms with Gasteiger partial charge in [0.1, 0.15) is 0 Å². The lowest BCUT2D eigenvalue weighted by molar-refractivity contribution is -0.384. The molecule has 0 heterocycles. The van der Waals surface area contributed by atoms with E-state index in [-0.39, 0.29) is 21.3 Å². The van der Waals surface area contributed by atoms with Gasteiger partial charge >= 0.3 is 0 Å². The zero-order valence-electron chi connectivity index (χ0n) is 11.5. The summed E-state index contributed by atoms with van der Waals surface area (Å²) in [4.78, 5) is 22.1. The minimum Gasteiger partial charge on any atom is -0.380 e. The van der Waals surface area contributed by atoms with Crippen LogP contribution < -0.4 is 5.32 Å². The van der Waals surface area contributed by atoms with Gasteiger partial charge in [-0.25, -0.2) is 0 Å². The average molecular weight is 335 g/mol. The molecule has 0 aliphatic carbocycles. The van der Waals surface area contributed by atoms with E-state index in [2.05, 4.69) is 12.2 Å². The number of nitrogens with zero attached hydrogens (tertiary/aromatic N) is 1. The molecule has 1 aromatic carbocycles. The van der Waals surface area contributed by atoms with Crippen molar-refractivity contribution in [3.8, 4) is 0 Å². The van der Waals surface area contributed by atoms with Crippen LogP contribution in [0.2, 0.25) is 10.0 Å². The summed E-state index contributed by atoms with van der Waals surface area (Å²) >= 11 is 11.7. The van der Waals surface area contributed by atoms with Crippen LogP contribution in [0.4, 0.5) is 5.69 Å². The van der Waals surface area contributed by atoms with Gasteiger partial charge in [-0.05, 0) is 6.42 Å². The molecule has 0 unspecified atom stereocenters. The molecule has 0 spiro atoms. The minimum atomic E-state index is -0.632. The fourth-order valence-electron chi connectivity index (χ4n) is 1.53. The number of hydrogen-bond donors (Lipinski definition) is 1. The number of benzene rings is 1. The molecule has 1 aromatic rings. The van der Waals surface area contributed by atoms with Gasteiger partial charge < -0.3 is 10.1 Å². The van der Waals surface area contributed by atoms with Crippen molar-refractivity contribution in [2.24, 2.45) is 0 Å². The van der Waals surface area contributed by atoms with E-state index < -0.39 is 10.8 Å². The molecule has 0 bridgehead atoms. The van der Waals surface area contributed by atoms with Crippen LogP contribution in [0.3, 0.4) is 0 Å². The second kappa shape index (κ2) is 8.81. The number of amides is 1. The Balaban J connectivity index is 2.63. The van der Waals surface area contributed by atoms with Crippen molar-refractivity contribution < 1.29 is 14.5 Å². The van der Waals surface area contributed by atoms with Crippen LogP contribution in [-0.2, 0) is 4.74 Å². The third-order valence-corrected chi connectivity index (χ3v) is 3.44. The van der Waals surface area contributed by atoms with E-state index in [1.165, 1.54) is 0 Å². The topological polar surface area (TPSA) is 81.5 Å². The standard InChI is InChI=1S/C13H16Cl2N2O4/c1-2-3-5-21-6-4-16-13(18)10-7-9(17(19)20)8-11(14)12(10)15/h7-8H,2-6H2,1H3,(H,16,18). The quantitative estimate of drug-likeness (QED) is 0.448. The maximum Gasteiger partial charge on any atom is 0.271 e. The number of hydrogen-bond acceptors (Lipinski definition) is 4. The third-order valence-electron chi connectivity index (χ3n) is 2.64. The number of nitrogens with one attached hydrogen (secondary N) is 1. The Bertz CT molecular complexity index is 523. The second-order valence-corrected chi connectivity index (χ2v) is 5.05. The smallest absolute Gasteiger partial charge is 0.271 e. The third kappa shape index (κ3) is 5.49. The highest BCUT2D eigenvalue weighted by Crippen LogP contribution is 2.30. The van der Waals surface area contributed by atoms with E-state index in [0.29, 0.717) is 19.8 Å². The van der Waals surface area contributed by atoms with Gasteiger partial charge in [0.15, 0.2) is 0 Å². The summed E-state index contributed by atoms with van der Waals surface area (Å²) in [6.07, 6.45) is 1.99. The van der Waals surface area contributed by atoms with E-state index in [0.717, 1.165) is 25.0 Å². The Labute approximate surface area is 132 Å². The maximum absolute atomic E-state index is 11.9. The first-order chi connectivity index (χ1) is 9.97. The predicted octanol–water partition coefficient (Wildman–Crippen LogP) is 3.45. The van der Waals surface area contributed by atoms with Crippen LogP contribution in [0.25, 0.3) is 0 Å². The van der Waals surface area contributed by atoms with E-state index in [1.54, 1.807) is 0 Å². The molecule has 0 aromatic heterocycles. The first-order valence-electron chi connectivity index (χ1n) is 6.46. The Morgan fingerprint density at radius 3 is 2.71 bits per heavy atom. The molecule has 116 valence electrons. The SMILES string of the molecule is CCCCOCCNC(=O)c1cc([N+](=O)[O-])cc(Cl)c1Cl. The predicted molar refractivity (Wildman–Crippen MR) is 81.2 cm³/mol. The van der Waals surface area contributed by atoms with Gasteiger partial charge in [0.05, 0.1) is 27.1 Å². The number of nitro groups is 1. The fourth-order valence-corrected chi connectivity index (χ4v) is 1.93. The van der Waals surface area contributed by atoms with Crippen molar-refractivity contribution in [2.45, 2.75) is 19.8 Å². The molecule has 0 saturated heterocycles. The highest BCUT2D eigenvalue weighted by molar-refractivity contribution is 6.44. The molecular weight excluding hydrogens is 319 g/mol. The fraction of sp³-hybridized carbons (Fsp3) is 0.462. The lowest BCUT2D eigenvalue weighted by Gasteiger charge is -2.08. The minimum absolute atomic E-state index is 0.00771. The number of carbonyl (C=O) groups excluding carboxylic acids is 1. The second-order valence-electron chi connectivity index (χ2n) is 4.27. The highest BCUT2D eigenvalue weighted by Gasteiger charge is 2.19. The molecular formula is C13H16Cl2N2O4. The molecule has 6 nitrogen and oxygen atoms in total. The summed E-state index contributed by atoms with van der Waals surface area (Å²) < 4.78 is 5.29. The number of halogens is 2. The van der Waals surface area contributed by atoms with Crippen molar-refractivity contribution in [3.05, 3.63) is 37.9 Å². The number of ether oxygens (including phenoxy) is 1. The van der Waals surface area contributed by atoms with Crippen LogP contribution in [-0.4, -0.2) is 30.6 Å². The molecule has 0 aliphatic heterocycles. The monoisotopic (exact) mass is 334 g/mol. The normalized spacial score (nSPS) is 10.4. The van der Waals surface area contributed by atoms with E-state index in [1.807, 2.05) is 0 Å². The largest absolute Gasteiger partial charge is 0.380 e. The molecule has 0 saturated carbocycles. The molecule has 1 amide bonds. The molecule has 1 rings (SSSR count). The molecule has 0 radical (unpaired) electrons. The summed E-state index contributed by atoms with van der Waals surface area (Å²) in [7, 11) is 0. The Kier molecular flexibility index (Phi) is 7.42. The molecule has 0 atom stereocenters. The summed E-state index contributed by atoms with van der Waals surface area (Å²) in [5.74, 6) is -0.523. The first-order valence-corrected chi connectivity index (χ1v) is 7.22. The maximum atomic E-state index is 11.9. The number of non-ortho nitro benzene ring substituents is 1. The van der Waals surface area contributed by atoms with Crippen LogP contribution in [0.1, 0.15) is 30.1 Å². The Morgan fingerprint density at radius 1 is 1.38 bits per heavy atom. The zero-order valence-corrected chi connectivity index (χ0v) is 13.0. The summed E-state index contributed by atoms with van der Waals surface area (Å²) in [5, 5.41) is 13.3. The van der Waals surface area contributed by atoms with Gasteiger partial charge in [-0.2, -0.15) is 0 Å². The van der Waals surface area contributed by atoms with Gasteiger partial charge in [0.25, 0.3) is 11.6 Å². The molecule has 21 heavy (non-hydrogen) atoms. The van der Waals surface area contributed by atoms with Gasteiger partial charge in [-0.1, -0.05) is 36.5 Å². The average Bonchev–Trinajstić information content (AvgIpc) is 2.44. The Morgan fingerprint density at radius 2 is 2.10 bits per heavy atom. The van der Waals surface area contributed by atoms with Crippen molar-refractivity contribution in [2.75, 3.05) is 19.8 Å². The van der Waals surface area contributed by atoms with Gasteiger partial charge in [0.2, 0.25) is 0 Å². The molecule has 8 heteroatoms. The summed E-state index contributed by atoms with van der Waals surface area (Å²) in [5.41, 5.74) is -0.307. The van der Waals surface area contributed by atoms with Crippen LogP contribution in [0.5, 0.6) is 0 Å². The van der Waals surface area contributed by atoms with Gasteiger partial charge in [-0.3, -0.25) is 14.9 Å².